The van der Waals surface area contributed by atoms with Gasteiger partial charge in [0.1, 0.15) is 0 Å². The Hall–Kier alpha value is 0.280. The SMILES string of the molecule is BN=BS. The van der Waals surface area contributed by atoms with Crippen LogP contribution in [-0.4, -0.2) is 14.3 Å². The fourth-order valence-electron chi connectivity index (χ4n) is 0. The minimum atomic E-state index is 1.44. The monoisotopic (exact) mass is 71.0 g/mol. The Morgan fingerprint density at radius 2 is 2.25 bits per heavy atom. The Labute approximate surface area is 32.5 Å². The van der Waals surface area contributed by atoms with Gasteiger partial charge >= 0.3 is 31.6 Å². The summed E-state index contributed by atoms with van der Waals surface area (Å²) in [6, 6.07) is 0. The summed E-state index contributed by atoms with van der Waals surface area (Å²) in [5, 5.41) is 0. The molecule has 0 saturated carbocycles. The first-order chi connectivity index (χ1) is 1.91. The Morgan fingerprint density at radius 3 is 2.25 bits per heavy atom. The molecule has 0 aliphatic carbocycles. The van der Waals surface area contributed by atoms with Crippen LogP contribution in [-0.2, 0) is 0 Å². The summed E-state index contributed by atoms with van der Waals surface area (Å²) in [7, 11) is 1.67. The third kappa shape index (κ3) is 2.28. The number of hydrogen-bond acceptors (Lipinski definition) is 1. The van der Waals surface area contributed by atoms with E-state index in [0.717, 1.165) is 0 Å². The van der Waals surface area contributed by atoms with Crippen molar-refractivity contribution in [3.8, 4) is 0 Å². The normalized spacial score (nSPS) is 7.25. The quantitative estimate of drug-likeness (QED) is 0.285. The predicted octanol–water partition coefficient (Wildman–Crippen LogP) is -0.733. The van der Waals surface area contributed by atoms with Gasteiger partial charge in [0.2, 0.25) is 0 Å². The van der Waals surface area contributed by atoms with Gasteiger partial charge in [-0.25, -0.2) is 0 Å². The van der Waals surface area contributed by atoms with Gasteiger partial charge in [-0.2, -0.15) is 0 Å². The van der Waals surface area contributed by atoms with Gasteiger partial charge in [0.25, 0.3) is 0 Å². The average molecular weight is 70.7 g/mol. The van der Waals surface area contributed by atoms with Crippen LogP contribution in [0.25, 0.3) is 0 Å². The Balaban J connectivity index is 2.55. The summed E-state index contributed by atoms with van der Waals surface area (Å²) in [5.41, 5.74) is 0. The van der Waals surface area contributed by atoms with E-state index in [4.69, 9.17) is 0 Å². The summed E-state index contributed by atoms with van der Waals surface area (Å²) in [5.74, 6) is 0. The zero-order chi connectivity index (χ0) is 3.41. The second kappa shape index (κ2) is 3.28. The van der Waals surface area contributed by atoms with Crippen LogP contribution in [0, 0.1) is 0 Å². The molecule has 0 saturated heterocycles. The maximum atomic E-state index is 3.63. The molecule has 0 N–H and O–H groups in total. The van der Waals surface area contributed by atoms with Gasteiger partial charge < -0.3 is 0 Å². The fraction of sp³-hybridized carbons (Fsp3) is 0. The van der Waals surface area contributed by atoms with Crippen LogP contribution in [0.4, 0.5) is 0 Å². The standard InChI is InChI=1S/B2H3NS/c1-3-2-4/h4H,1H2. The molecule has 0 aromatic rings. The average Bonchev–Trinajstić information content (AvgIpc) is 1.37. The van der Waals surface area contributed by atoms with Crippen molar-refractivity contribution >= 4 is 26.8 Å². The van der Waals surface area contributed by atoms with Gasteiger partial charge in [-0.05, 0) is 0 Å². The fourth-order valence-corrected chi connectivity index (χ4v) is 0. The third-order valence-electron chi connectivity index (χ3n) is 0.115. The Morgan fingerprint density at radius 1 is 2.00 bits per heavy atom. The molecule has 0 spiro atoms. The Bertz CT molecular complexity index is 21.2. The van der Waals surface area contributed by atoms with Crippen molar-refractivity contribution in [3.05, 3.63) is 0 Å². The molecule has 0 aliphatic rings. The molecule has 20 valence electrons. The molecule has 4 heavy (non-hydrogen) atoms. The van der Waals surface area contributed by atoms with E-state index in [1.807, 2.05) is 0 Å². The van der Waals surface area contributed by atoms with Crippen molar-refractivity contribution in [1.29, 1.82) is 0 Å². The molecule has 0 fully saturated rings. The summed E-state index contributed by atoms with van der Waals surface area (Å²) in [6.07, 6.45) is 1.44. The van der Waals surface area contributed by atoms with E-state index in [-0.39, 0.29) is 0 Å². The van der Waals surface area contributed by atoms with Crippen LogP contribution in [0.2, 0.25) is 0 Å². The number of thiol groups is 1. The van der Waals surface area contributed by atoms with Crippen LogP contribution in [0.3, 0.4) is 0 Å². The van der Waals surface area contributed by atoms with Gasteiger partial charge in [0.05, 0.1) is 0 Å². The zero-order valence-electron chi connectivity index (χ0n) is 2.47. The van der Waals surface area contributed by atoms with E-state index in [0.29, 0.717) is 0 Å². The molecule has 0 unspecified atom stereocenters. The van der Waals surface area contributed by atoms with Crippen LogP contribution >= 0.6 is 12.5 Å². The predicted molar refractivity (Wildman–Crippen MR) is 25.7 cm³/mol. The molecular weight excluding hydrogens is 67.7 g/mol. The molecular formula is H3B2NS. The minimum absolute atomic E-state index is 1.44. The number of hydrogen-bond donors (Lipinski definition) is 1. The van der Waals surface area contributed by atoms with Crippen LogP contribution in [0.1, 0.15) is 0 Å². The van der Waals surface area contributed by atoms with Gasteiger partial charge in [0.15, 0.2) is 0 Å². The first-order valence-electron chi connectivity index (χ1n) is 0.964. The molecule has 0 bridgehead atoms. The van der Waals surface area contributed by atoms with Crippen LogP contribution < -0.4 is 0 Å². The summed E-state index contributed by atoms with van der Waals surface area (Å²) in [4.78, 5) is 3.48. The molecule has 1 nitrogen and oxygen atoms in total. The molecule has 4 heteroatoms. The molecule has 0 rings (SSSR count). The van der Waals surface area contributed by atoms with E-state index < -0.39 is 0 Å². The maximum absolute atomic E-state index is 3.63. The summed E-state index contributed by atoms with van der Waals surface area (Å²) < 4.78 is 0. The van der Waals surface area contributed by atoms with E-state index in [1.165, 1.54) is 6.35 Å². The van der Waals surface area contributed by atoms with Gasteiger partial charge in [-0.1, -0.05) is 0 Å². The van der Waals surface area contributed by atoms with Crippen LogP contribution in [0.15, 0.2) is 4.81 Å². The van der Waals surface area contributed by atoms with Crippen LogP contribution in [0.5, 0.6) is 0 Å². The van der Waals surface area contributed by atoms with Crippen molar-refractivity contribution in [2.45, 2.75) is 0 Å². The van der Waals surface area contributed by atoms with E-state index in [1.54, 1.807) is 7.98 Å². The van der Waals surface area contributed by atoms with E-state index in [9.17, 15) is 0 Å². The van der Waals surface area contributed by atoms with Gasteiger partial charge in [-0.15, -0.1) is 0 Å². The second-order valence-electron chi connectivity index (χ2n) is 0.374. The zero-order valence-corrected chi connectivity index (χ0v) is 3.37. The van der Waals surface area contributed by atoms with Crippen molar-refractivity contribution in [2.75, 3.05) is 0 Å². The molecule has 0 atom stereocenters. The van der Waals surface area contributed by atoms with Crippen molar-refractivity contribution in [3.63, 3.8) is 0 Å². The summed E-state index contributed by atoms with van der Waals surface area (Å²) >= 11 is 3.63. The molecule has 0 aromatic heterocycles. The van der Waals surface area contributed by atoms with E-state index >= 15 is 0 Å². The summed E-state index contributed by atoms with van der Waals surface area (Å²) in [6.45, 7) is 0. The molecule has 0 aliphatic heterocycles. The molecule has 0 heterocycles. The van der Waals surface area contributed by atoms with E-state index in [2.05, 4.69) is 17.3 Å². The second-order valence-corrected chi connectivity index (χ2v) is 0.605. The van der Waals surface area contributed by atoms with Gasteiger partial charge in [-0.3, -0.25) is 0 Å². The van der Waals surface area contributed by atoms with Gasteiger partial charge in [0, 0.05) is 0 Å². The Kier molecular flexibility index (Phi) is 3.51. The van der Waals surface area contributed by atoms with Crippen molar-refractivity contribution in [1.82, 2.24) is 0 Å². The van der Waals surface area contributed by atoms with Crippen molar-refractivity contribution < 1.29 is 0 Å². The topological polar surface area (TPSA) is 12.4 Å². The third-order valence-corrected chi connectivity index (χ3v) is 0.346. The first kappa shape index (κ1) is 4.28. The van der Waals surface area contributed by atoms with Crippen molar-refractivity contribution in [2.24, 2.45) is 4.81 Å². The first-order valence-corrected chi connectivity index (χ1v) is 1.48. The number of nitrogens with zero attached hydrogens (tertiary/aromatic N) is 1. The molecule has 0 radical (unpaired) electrons. The number of rotatable bonds is 0. The molecule has 0 amide bonds. The molecule has 0 aromatic carbocycles.